The van der Waals surface area contributed by atoms with Gasteiger partial charge in [0.1, 0.15) is 0 Å². The molecular formula is C30H46N2O. The van der Waals surface area contributed by atoms with Crippen molar-refractivity contribution in [2.45, 2.75) is 106 Å². The summed E-state index contributed by atoms with van der Waals surface area (Å²) in [5, 5.41) is 4.48. The fourth-order valence-corrected chi connectivity index (χ4v) is 9.35. The zero-order valence-electron chi connectivity index (χ0n) is 22.0. The first-order valence-electron chi connectivity index (χ1n) is 14.0. The molecule has 0 aromatic carbocycles. The van der Waals surface area contributed by atoms with E-state index in [9.17, 15) is 4.79 Å². The van der Waals surface area contributed by atoms with Crippen LogP contribution in [0.25, 0.3) is 5.57 Å². The average Bonchev–Trinajstić information content (AvgIpc) is 3.34. The van der Waals surface area contributed by atoms with Crippen molar-refractivity contribution in [1.82, 2.24) is 9.78 Å². The van der Waals surface area contributed by atoms with Crippen molar-refractivity contribution in [2.75, 3.05) is 0 Å². The summed E-state index contributed by atoms with van der Waals surface area (Å²) in [6, 6.07) is 0. The predicted octanol–water partition coefficient (Wildman–Crippen LogP) is 7.80. The van der Waals surface area contributed by atoms with Gasteiger partial charge in [-0.3, -0.25) is 4.79 Å². The van der Waals surface area contributed by atoms with Crippen LogP contribution in [0.3, 0.4) is 0 Å². The van der Waals surface area contributed by atoms with E-state index in [4.69, 9.17) is 0 Å². The molecule has 182 valence electrons. The van der Waals surface area contributed by atoms with Crippen molar-refractivity contribution in [3.8, 4) is 0 Å². The molecular weight excluding hydrogens is 404 g/mol. The lowest BCUT2D eigenvalue weighted by molar-refractivity contribution is -0.0393. The molecule has 0 aliphatic heterocycles. The average molecular weight is 451 g/mol. The van der Waals surface area contributed by atoms with Crippen LogP contribution in [0.2, 0.25) is 0 Å². The third kappa shape index (κ3) is 3.59. The van der Waals surface area contributed by atoms with Crippen molar-refractivity contribution in [3.63, 3.8) is 0 Å². The SMILES string of the molecule is CC(=O)n1ncc2c1CC[C@@]1(C)C2=CC[C@H]2[C@@H]3CC[C@H]([C@H](C)CCCC(C)C)[C@@]3(C)CC[C@@H]21. The molecule has 0 radical (unpaired) electrons. The van der Waals surface area contributed by atoms with Crippen LogP contribution in [0.5, 0.6) is 0 Å². The molecule has 0 unspecified atom stereocenters. The molecule has 4 aliphatic rings. The van der Waals surface area contributed by atoms with E-state index in [0.717, 1.165) is 47.6 Å². The zero-order valence-corrected chi connectivity index (χ0v) is 22.0. The van der Waals surface area contributed by atoms with Gasteiger partial charge in [0.25, 0.3) is 0 Å². The summed E-state index contributed by atoms with van der Waals surface area (Å²) in [6.07, 6.45) is 17.9. The van der Waals surface area contributed by atoms with Crippen LogP contribution < -0.4 is 0 Å². The van der Waals surface area contributed by atoms with E-state index in [-0.39, 0.29) is 11.3 Å². The van der Waals surface area contributed by atoms with Gasteiger partial charge in [0.15, 0.2) is 0 Å². The second kappa shape index (κ2) is 8.38. The Morgan fingerprint density at radius 2 is 1.91 bits per heavy atom. The summed E-state index contributed by atoms with van der Waals surface area (Å²) in [5.74, 6) is 5.19. The molecule has 0 amide bonds. The minimum absolute atomic E-state index is 0.0436. The number of carbonyl (C=O) groups excluding carboxylic acids is 1. The lowest BCUT2D eigenvalue weighted by atomic mass is 9.47. The second-order valence-corrected chi connectivity index (χ2v) is 13.1. The molecule has 0 saturated heterocycles. The normalized spacial score (nSPS) is 38.2. The first kappa shape index (κ1) is 23.4. The molecule has 33 heavy (non-hydrogen) atoms. The molecule has 5 rings (SSSR count). The van der Waals surface area contributed by atoms with Crippen LogP contribution in [0, 0.1) is 46.3 Å². The minimum Gasteiger partial charge on any atom is -0.273 e. The number of carbonyl (C=O) groups is 1. The Bertz CT molecular complexity index is 941. The molecule has 4 aliphatic carbocycles. The number of allylic oxidation sites excluding steroid dienone is 2. The third-order valence-electron chi connectivity index (χ3n) is 11.0. The first-order valence-corrected chi connectivity index (χ1v) is 14.0. The Balaban J connectivity index is 1.38. The standard InChI is InChI=1S/C30H46N2O/c1-19(2)8-7-9-20(3)24-12-13-25-22-10-11-26-23-18-31-32(21(4)33)28(23)15-17-30(26,6)27(22)14-16-29(24,25)5/h11,18-20,22,24-25,27H,7-10,12-17H2,1-6H3/t20-,22+,24-,25+,27+,29-,30+/m1/s1. The lowest BCUT2D eigenvalue weighted by Crippen LogP contribution is -2.50. The number of nitrogens with zero attached hydrogens (tertiary/aromatic N) is 2. The van der Waals surface area contributed by atoms with Crippen molar-refractivity contribution >= 4 is 11.5 Å². The van der Waals surface area contributed by atoms with Gasteiger partial charge < -0.3 is 0 Å². The topological polar surface area (TPSA) is 34.9 Å². The highest BCUT2D eigenvalue weighted by atomic mass is 16.2. The van der Waals surface area contributed by atoms with Gasteiger partial charge in [0.2, 0.25) is 5.91 Å². The van der Waals surface area contributed by atoms with E-state index in [1.54, 1.807) is 11.6 Å². The quantitative estimate of drug-likeness (QED) is 0.458. The van der Waals surface area contributed by atoms with E-state index in [0.29, 0.717) is 5.41 Å². The molecule has 7 atom stereocenters. The molecule has 1 heterocycles. The number of fused-ring (bicyclic) bond motifs is 7. The van der Waals surface area contributed by atoms with Gasteiger partial charge in [0.05, 0.1) is 11.9 Å². The fourth-order valence-electron chi connectivity index (χ4n) is 9.35. The highest BCUT2D eigenvalue weighted by Gasteiger charge is 2.59. The van der Waals surface area contributed by atoms with Crippen molar-refractivity contribution in [2.24, 2.45) is 46.3 Å². The highest BCUT2D eigenvalue weighted by Crippen LogP contribution is 2.68. The van der Waals surface area contributed by atoms with Gasteiger partial charge in [-0.2, -0.15) is 5.10 Å². The van der Waals surface area contributed by atoms with E-state index < -0.39 is 0 Å². The maximum absolute atomic E-state index is 12.1. The summed E-state index contributed by atoms with van der Waals surface area (Å²) in [5.41, 5.74) is 4.73. The largest absolute Gasteiger partial charge is 0.273 e. The number of rotatable bonds is 5. The Labute approximate surface area is 201 Å². The number of aromatic nitrogens is 2. The zero-order chi connectivity index (χ0) is 23.5. The van der Waals surface area contributed by atoms with Gasteiger partial charge in [-0.25, -0.2) is 4.68 Å². The summed E-state index contributed by atoms with van der Waals surface area (Å²) >= 11 is 0. The number of hydrogen-bond acceptors (Lipinski definition) is 2. The monoisotopic (exact) mass is 450 g/mol. The lowest BCUT2D eigenvalue weighted by Gasteiger charge is -2.58. The third-order valence-corrected chi connectivity index (χ3v) is 11.0. The molecule has 3 heteroatoms. The summed E-state index contributed by atoms with van der Waals surface area (Å²) in [7, 11) is 0. The molecule has 1 aromatic heterocycles. The Morgan fingerprint density at radius 3 is 2.64 bits per heavy atom. The van der Waals surface area contributed by atoms with Crippen LogP contribution in [0.4, 0.5) is 0 Å². The van der Waals surface area contributed by atoms with Crippen molar-refractivity contribution in [1.29, 1.82) is 0 Å². The molecule has 3 nitrogen and oxygen atoms in total. The van der Waals surface area contributed by atoms with E-state index in [1.165, 1.54) is 68.9 Å². The summed E-state index contributed by atoms with van der Waals surface area (Å²) < 4.78 is 1.65. The highest BCUT2D eigenvalue weighted by molar-refractivity contribution is 5.81. The number of hydrogen-bond donors (Lipinski definition) is 0. The van der Waals surface area contributed by atoms with Crippen LogP contribution >= 0.6 is 0 Å². The predicted molar refractivity (Wildman–Crippen MR) is 136 cm³/mol. The minimum atomic E-state index is 0.0436. The van der Waals surface area contributed by atoms with Gasteiger partial charge in [-0.05, 0) is 96.9 Å². The smallest absolute Gasteiger partial charge is 0.243 e. The maximum atomic E-state index is 12.1. The van der Waals surface area contributed by atoms with Gasteiger partial charge in [-0.1, -0.05) is 60.0 Å². The van der Waals surface area contributed by atoms with Gasteiger partial charge in [0, 0.05) is 12.5 Å². The summed E-state index contributed by atoms with van der Waals surface area (Å²) in [4.78, 5) is 12.1. The molecule has 0 spiro atoms. The Morgan fingerprint density at radius 1 is 1.12 bits per heavy atom. The first-order chi connectivity index (χ1) is 15.7. The van der Waals surface area contributed by atoms with Gasteiger partial charge in [-0.15, -0.1) is 0 Å². The Kier molecular flexibility index (Phi) is 5.93. The van der Waals surface area contributed by atoms with Crippen molar-refractivity contribution in [3.05, 3.63) is 23.5 Å². The fraction of sp³-hybridized carbons (Fsp3) is 0.800. The van der Waals surface area contributed by atoms with Crippen molar-refractivity contribution < 1.29 is 4.79 Å². The maximum Gasteiger partial charge on any atom is 0.243 e. The van der Waals surface area contributed by atoms with E-state index >= 15 is 0 Å². The molecule has 2 fully saturated rings. The van der Waals surface area contributed by atoms with Crippen LogP contribution in [0.1, 0.15) is 115 Å². The second-order valence-electron chi connectivity index (χ2n) is 13.1. The summed E-state index contributed by atoms with van der Waals surface area (Å²) in [6.45, 7) is 14.2. The van der Waals surface area contributed by atoms with Gasteiger partial charge >= 0.3 is 0 Å². The van der Waals surface area contributed by atoms with Crippen LogP contribution in [0.15, 0.2) is 12.3 Å². The Hall–Kier alpha value is -1.38. The molecule has 0 N–H and O–H groups in total. The van der Waals surface area contributed by atoms with E-state index in [2.05, 4.69) is 45.8 Å². The van der Waals surface area contributed by atoms with Crippen LogP contribution in [-0.4, -0.2) is 15.7 Å². The molecule has 1 aromatic rings. The van der Waals surface area contributed by atoms with Crippen LogP contribution in [-0.2, 0) is 6.42 Å². The van der Waals surface area contributed by atoms with E-state index in [1.807, 2.05) is 6.20 Å². The molecule has 2 saturated carbocycles. The molecule has 0 bridgehead atoms.